The fourth-order valence-electron chi connectivity index (χ4n) is 3.82. The van der Waals surface area contributed by atoms with Gasteiger partial charge in [0.05, 0.1) is 39.7 Å². The van der Waals surface area contributed by atoms with Crippen molar-refractivity contribution in [2.24, 2.45) is 10.2 Å². The van der Waals surface area contributed by atoms with Crippen molar-refractivity contribution in [1.82, 2.24) is 19.5 Å². The van der Waals surface area contributed by atoms with Crippen LogP contribution in [-0.2, 0) is 47.1 Å². The molecular formula is C24H27FN8Na2O11S3. The quantitative estimate of drug-likeness (QED) is 0.0535. The molecule has 0 bridgehead atoms. The first-order valence-electron chi connectivity index (χ1n) is 13.1. The summed E-state index contributed by atoms with van der Waals surface area (Å²) in [6, 6.07) is 2.91. The van der Waals surface area contributed by atoms with Gasteiger partial charge in [0.1, 0.15) is 15.8 Å². The van der Waals surface area contributed by atoms with E-state index in [4.69, 9.17) is 4.74 Å². The van der Waals surface area contributed by atoms with Crippen molar-refractivity contribution < 1.29 is 108 Å². The first kappa shape index (κ1) is 44.6. The smallest absolute Gasteiger partial charge is 0.748 e. The number of halogens is 1. The molecule has 0 amide bonds. The number of anilines is 3. The third-order valence-corrected chi connectivity index (χ3v) is 8.83. The number of benzene rings is 1. The van der Waals surface area contributed by atoms with Gasteiger partial charge in [-0.2, -0.15) is 19.3 Å². The van der Waals surface area contributed by atoms with Crippen LogP contribution in [0.4, 0.5) is 33.3 Å². The molecule has 0 aliphatic heterocycles. The van der Waals surface area contributed by atoms with Crippen LogP contribution in [0.5, 0.6) is 5.88 Å². The molecule has 3 aromatic rings. The molecule has 2 aromatic heterocycles. The number of ether oxygens (including phenoxy) is 1. The molecule has 0 fully saturated rings. The Kier molecular flexibility index (Phi) is 17.0. The van der Waals surface area contributed by atoms with E-state index in [0.717, 1.165) is 23.6 Å². The number of sulfone groups is 1. The summed E-state index contributed by atoms with van der Waals surface area (Å²) < 4.78 is 113. The van der Waals surface area contributed by atoms with Gasteiger partial charge in [0.15, 0.2) is 21.4 Å². The third-order valence-electron chi connectivity index (χ3n) is 6.06. The molecule has 0 aliphatic rings. The van der Waals surface area contributed by atoms with E-state index >= 15 is 0 Å². The van der Waals surface area contributed by atoms with Crippen LogP contribution in [0, 0.1) is 13.0 Å². The minimum absolute atomic E-state index is 0. The average molecular weight is 765 g/mol. The average Bonchev–Trinajstić information content (AvgIpc) is 2.96. The van der Waals surface area contributed by atoms with Crippen LogP contribution < -0.4 is 75.3 Å². The van der Waals surface area contributed by atoms with Gasteiger partial charge in [-0.3, -0.25) is 9.36 Å². The largest absolute Gasteiger partial charge is 1.00 e. The summed E-state index contributed by atoms with van der Waals surface area (Å²) in [4.78, 5) is 23.0. The number of azo groups is 1. The van der Waals surface area contributed by atoms with Crippen molar-refractivity contribution >= 4 is 59.0 Å². The Morgan fingerprint density at radius 1 is 1.06 bits per heavy atom. The number of hydrogen-bond acceptors (Lipinski definition) is 18. The molecule has 0 aliphatic carbocycles. The van der Waals surface area contributed by atoms with Gasteiger partial charge in [0.25, 0.3) is 5.56 Å². The van der Waals surface area contributed by atoms with Gasteiger partial charge < -0.3 is 29.6 Å². The minimum Gasteiger partial charge on any atom is -0.748 e. The van der Waals surface area contributed by atoms with Gasteiger partial charge in [0, 0.05) is 29.7 Å². The fourth-order valence-corrected chi connectivity index (χ4v) is 5.62. The molecule has 3 N–H and O–H groups in total. The molecule has 1 aromatic carbocycles. The zero-order valence-corrected chi connectivity index (χ0v) is 33.0. The Bertz CT molecular complexity index is 2100. The summed E-state index contributed by atoms with van der Waals surface area (Å²) in [5, 5.41) is 23.9. The van der Waals surface area contributed by atoms with Gasteiger partial charge >= 0.3 is 65.2 Å². The molecular weight excluding hydrogens is 737 g/mol. The molecule has 0 unspecified atom stereocenters. The summed E-state index contributed by atoms with van der Waals surface area (Å²) in [6.45, 7) is 5.55. The number of hydrogen-bond donors (Lipinski definition) is 3. The molecule has 0 saturated carbocycles. The van der Waals surface area contributed by atoms with Crippen molar-refractivity contribution in [1.29, 1.82) is 0 Å². The van der Waals surface area contributed by atoms with Crippen molar-refractivity contribution in [2.75, 3.05) is 36.1 Å². The maximum Gasteiger partial charge on any atom is 1.00 e. The predicted molar refractivity (Wildman–Crippen MR) is 161 cm³/mol. The van der Waals surface area contributed by atoms with E-state index in [-0.39, 0.29) is 114 Å². The molecule has 19 nitrogen and oxygen atoms in total. The first-order chi connectivity index (χ1) is 21.8. The Labute approximate surface area is 324 Å². The summed E-state index contributed by atoms with van der Waals surface area (Å²) >= 11 is 0. The van der Waals surface area contributed by atoms with Crippen LogP contribution in [0.1, 0.15) is 18.1 Å². The summed E-state index contributed by atoms with van der Waals surface area (Å²) in [5.74, 6) is -2.90. The summed E-state index contributed by atoms with van der Waals surface area (Å²) in [7, 11) is -13.5. The van der Waals surface area contributed by atoms with Crippen molar-refractivity contribution in [3.63, 3.8) is 0 Å². The normalized spacial score (nSPS) is 11.9. The van der Waals surface area contributed by atoms with Crippen LogP contribution in [-0.4, -0.2) is 84.5 Å². The van der Waals surface area contributed by atoms with Gasteiger partial charge in [-0.1, -0.05) is 6.58 Å². The summed E-state index contributed by atoms with van der Waals surface area (Å²) in [5.41, 5.74) is -2.85. The van der Waals surface area contributed by atoms with Gasteiger partial charge in [0.2, 0.25) is 11.9 Å². The Balaban J connectivity index is 0.00000600. The van der Waals surface area contributed by atoms with Crippen LogP contribution in [0.2, 0.25) is 0 Å². The minimum atomic E-state index is -5.18. The van der Waals surface area contributed by atoms with Crippen molar-refractivity contribution in [3.8, 4) is 5.88 Å². The SMILES string of the molecule is C=CS(=O)(=O)CCOCCNc1nc(F)nc(Nc2ccc(S(=O)(=O)[O-])c(N=Nc3c(C)c(CS(=O)(=O)[O-])c(O)n(CC)c3=O)c2)n1.[Na+].[Na+]. The Morgan fingerprint density at radius 3 is 2.31 bits per heavy atom. The topological polar surface area (TPSA) is 287 Å². The number of nitrogens with zero attached hydrogens (tertiary/aromatic N) is 6. The number of aromatic nitrogens is 4. The zero-order valence-electron chi connectivity index (χ0n) is 26.6. The second kappa shape index (κ2) is 18.7. The fraction of sp³-hybridized carbons (Fsp3) is 0.333. The molecule has 3 rings (SSSR count). The molecule has 49 heavy (non-hydrogen) atoms. The van der Waals surface area contributed by atoms with Crippen LogP contribution in [0.15, 0.2) is 50.1 Å². The predicted octanol–water partition coefficient (Wildman–Crippen LogP) is -4.69. The van der Waals surface area contributed by atoms with Gasteiger partial charge in [-0.15, -0.1) is 10.2 Å². The molecule has 2 heterocycles. The maximum atomic E-state index is 14.1. The first-order valence-corrected chi connectivity index (χ1v) is 17.8. The van der Waals surface area contributed by atoms with E-state index < -0.39 is 75.2 Å². The second-order valence-electron chi connectivity index (χ2n) is 9.31. The number of pyridine rings is 1. The van der Waals surface area contributed by atoms with Crippen LogP contribution >= 0.6 is 0 Å². The van der Waals surface area contributed by atoms with Crippen molar-refractivity contribution in [2.45, 2.75) is 31.0 Å². The van der Waals surface area contributed by atoms with E-state index in [9.17, 15) is 48.7 Å². The Morgan fingerprint density at radius 2 is 1.71 bits per heavy atom. The van der Waals surface area contributed by atoms with Crippen LogP contribution in [0.25, 0.3) is 0 Å². The maximum absolute atomic E-state index is 14.1. The standard InChI is InChI=1S/C24H29FN8O11S3.2Na/c1-4-33-20(34)16(13-46(38,39)40)14(3)19(21(33)35)32-31-17-12-15(6-7-18(17)47(41,42)43)27-24-29-22(25)28-23(30-24)26-8-9-44-10-11-45(36,37)5-2;;/h5-7,12,34H,2,4,8-11,13H2,1,3H3,(H,38,39,40)(H,41,42,43)(H2,26,27,28,29,30);;/q;2*+1/p-2. The summed E-state index contributed by atoms with van der Waals surface area (Å²) in [6.07, 6.45) is -1.23. The van der Waals surface area contributed by atoms with E-state index in [0.29, 0.717) is 4.57 Å². The molecule has 0 radical (unpaired) electrons. The monoisotopic (exact) mass is 764 g/mol. The zero-order chi connectivity index (χ0) is 35.2. The van der Waals surface area contributed by atoms with Gasteiger partial charge in [-0.25, -0.2) is 25.3 Å². The molecule has 256 valence electrons. The van der Waals surface area contributed by atoms with E-state index in [1.807, 2.05) is 0 Å². The van der Waals surface area contributed by atoms with E-state index in [2.05, 4.69) is 42.4 Å². The molecule has 0 saturated heterocycles. The number of nitrogens with one attached hydrogen (secondary N) is 2. The second-order valence-corrected chi connectivity index (χ2v) is 14.1. The molecule has 0 spiro atoms. The molecule has 25 heteroatoms. The van der Waals surface area contributed by atoms with Crippen molar-refractivity contribution in [3.05, 3.63) is 57.7 Å². The van der Waals surface area contributed by atoms with E-state index in [1.54, 1.807) is 0 Å². The number of aromatic hydroxyl groups is 1. The Hall–Kier alpha value is -2.42. The number of rotatable bonds is 16. The third kappa shape index (κ3) is 13.0. The van der Waals surface area contributed by atoms with Gasteiger partial charge in [-0.05, 0) is 37.6 Å². The van der Waals surface area contributed by atoms with Crippen LogP contribution in [0.3, 0.4) is 0 Å². The molecule has 0 atom stereocenters. The van der Waals surface area contributed by atoms with E-state index in [1.165, 1.54) is 13.8 Å².